The Morgan fingerprint density at radius 3 is 1.97 bits per heavy atom. The van der Waals surface area contributed by atoms with E-state index in [-0.39, 0.29) is 4.90 Å². The van der Waals surface area contributed by atoms with Crippen LogP contribution in [-0.4, -0.2) is 28.7 Å². The van der Waals surface area contributed by atoms with Crippen LogP contribution in [0, 0.1) is 20.8 Å². The van der Waals surface area contributed by atoms with Crippen molar-refractivity contribution in [3.8, 4) is 5.69 Å². The number of hydrogen-bond acceptors (Lipinski definition) is 5. The monoisotopic (exact) mass is 420 g/mol. The number of fused-ring (bicyclic) bond motifs is 1. The van der Waals surface area contributed by atoms with Crippen LogP contribution >= 0.6 is 0 Å². The summed E-state index contributed by atoms with van der Waals surface area (Å²) >= 11 is 0. The maximum atomic E-state index is 12.6. The molecule has 0 aliphatic heterocycles. The molecule has 1 heterocycles. The number of rotatable bonds is 3. The molecule has 1 aromatic heterocycles. The lowest BCUT2D eigenvalue weighted by atomic mass is 10.2. The van der Waals surface area contributed by atoms with Gasteiger partial charge in [-0.2, -0.15) is 4.80 Å². The largest absolute Gasteiger partial charge is 0.345 e. The highest BCUT2D eigenvalue weighted by Gasteiger charge is 2.25. The molecule has 0 unspecified atom stereocenters. The van der Waals surface area contributed by atoms with Crippen LogP contribution in [-0.2, 0) is 9.84 Å². The van der Waals surface area contributed by atoms with Gasteiger partial charge in [-0.3, -0.25) is 4.79 Å². The number of carbonyl (C=O) groups excluding carboxylic acids is 1. The third-order valence-electron chi connectivity index (χ3n) is 4.80. The molecule has 0 fully saturated rings. The molecule has 3 aromatic carbocycles. The van der Waals surface area contributed by atoms with Gasteiger partial charge in [0.05, 0.1) is 10.6 Å². The van der Waals surface area contributed by atoms with Crippen LogP contribution < -0.4 is 5.32 Å². The predicted octanol–water partition coefficient (Wildman–Crippen LogP) is 4.35. The van der Waals surface area contributed by atoms with Crippen LogP contribution in [0.1, 0.15) is 16.7 Å². The summed E-state index contributed by atoms with van der Waals surface area (Å²) < 4.78 is 25.2. The molecule has 30 heavy (non-hydrogen) atoms. The minimum Gasteiger partial charge on any atom is -0.312 e. The number of aryl methyl sites for hydroxylation is 3. The Hall–Kier alpha value is -3.52. The highest BCUT2D eigenvalue weighted by molar-refractivity contribution is 8.06. The molecule has 0 aliphatic rings. The average molecular weight is 420 g/mol. The SMILES string of the molecule is Cc1ccc(-n2nc3cc(C)c(NC(=O)S(=O)(=O)c4ccc(C)cc4)cc3n2)cc1. The normalized spacial score (nSPS) is 11.6. The van der Waals surface area contributed by atoms with E-state index in [0.29, 0.717) is 22.3 Å². The Morgan fingerprint density at radius 1 is 0.833 bits per heavy atom. The second kappa shape index (κ2) is 7.38. The number of anilines is 1. The molecule has 0 atom stereocenters. The van der Waals surface area contributed by atoms with Gasteiger partial charge in [0.1, 0.15) is 11.0 Å². The van der Waals surface area contributed by atoms with Gasteiger partial charge in [-0.1, -0.05) is 35.4 Å². The van der Waals surface area contributed by atoms with E-state index in [0.717, 1.165) is 16.8 Å². The van der Waals surface area contributed by atoms with Gasteiger partial charge in [0, 0.05) is 5.69 Å². The number of hydrogen-bond donors (Lipinski definition) is 1. The number of nitrogens with one attached hydrogen (secondary N) is 1. The highest BCUT2D eigenvalue weighted by atomic mass is 32.2. The second-order valence-electron chi connectivity index (χ2n) is 7.21. The van der Waals surface area contributed by atoms with E-state index in [2.05, 4.69) is 15.5 Å². The van der Waals surface area contributed by atoms with Crippen molar-refractivity contribution in [3.05, 3.63) is 77.4 Å². The lowest BCUT2D eigenvalue weighted by Crippen LogP contribution is -2.22. The summed E-state index contributed by atoms with van der Waals surface area (Å²) in [5.41, 5.74) is 5.10. The van der Waals surface area contributed by atoms with E-state index in [1.54, 1.807) is 31.2 Å². The maximum absolute atomic E-state index is 12.6. The smallest absolute Gasteiger partial charge is 0.312 e. The van der Waals surface area contributed by atoms with E-state index >= 15 is 0 Å². The molecule has 7 nitrogen and oxygen atoms in total. The summed E-state index contributed by atoms with van der Waals surface area (Å²) in [4.78, 5) is 14.0. The van der Waals surface area contributed by atoms with E-state index in [1.165, 1.54) is 16.9 Å². The van der Waals surface area contributed by atoms with E-state index in [9.17, 15) is 13.2 Å². The van der Waals surface area contributed by atoms with Gasteiger partial charge in [0.25, 0.3) is 9.84 Å². The van der Waals surface area contributed by atoms with Crippen LogP contribution in [0.15, 0.2) is 65.6 Å². The van der Waals surface area contributed by atoms with Gasteiger partial charge in [0.15, 0.2) is 0 Å². The zero-order valence-electron chi connectivity index (χ0n) is 16.7. The molecular formula is C22H20N4O3S. The van der Waals surface area contributed by atoms with Crippen LogP contribution in [0.2, 0.25) is 0 Å². The summed E-state index contributed by atoms with van der Waals surface area (Å²) in [6, 6.07) is 17.3. The van der Waals surface area contributed by atoms with Crippen LogP contribution in [0.25, 0.3) is 16.7 Å². The standard InChI is InChI=1S/C22H20N4O3S/c1-14-4-8-17(9-5-14)26-24-20-12-16(3)19(13-21(20)25-26)23-22(27)30(28,29)18-10-6-15(2)7-11-18/h4-13H,1-3H3,(H,23,27). The Bertz CT molecular complexity index is 1360. The van der Waals surface area contributed by atoms with Gasteiger partial charge < -0.3 is 5.32 Å². The number of sulfone groups is 1. The fourth-order valence-electron chi connectivity index (χ4n) is 3.00. The summed E-state index contributed by atoms with van der Waals surface area (Å²) in [7, 11) is -4.16. The van der Waals surface area contributed by atoms with E-state index < -0.39 is 15.1 Å². The Balaban J connectivity index is 1.65. The summed E-state index contributed by atoms with van der Waals surface area (Å²) in [6.45, 7) is 5.62. The van der Waals surface area contributed by atoms with E-state index in [4.69, 9.17) is 0 Å². The van der Waals surface area contributed by atoms with Crippen LogP contribution in [0.3, 0.4) is 0 Å². The highest BCUT2D eigenvalue weighted by Crippen LogP contribution is 2.24. The number of carbonyl (C=O) groups is 1. The van der Waals surface area contributed by atoms with Gasteiger partial charge in [0.2, 0.25) is 0 Å². The molecule has 0 bridgehead atoms. The minimum absolute atomic E-state index is 0.0466. The molecule has 152 valence electrons. The van der Waals surface area contributed by atoms with Crippen LogP contribution in [0.4, 0.5) is 10.5 Å². The molecule has 1 N–H and O–H groups in total. The zero-order chi connectivity index (χ0) is 21.5. The molecule has 0 saturated heterocycles. The Labute approximate surface area is 174 Å². The first-order chi connectivity index (χ1) is 14.2. The fraction of sp³-hybridized carbons (Fsp3) is 0.136. The molecule has 0 radical (unpaired) electrons. The molecular weight excluding hydrogens is 400 g/mol. The molecule has 8 heteroatoms. The van der Waals surface area contributed by atoms with Gasteiger partial charge in [-0.15, -0.1) is 10.2 Å². The fourth-order valence-corrected chi connectivity index (χ4v) is 3.95. The quantitative estimate of drug-likeness (QED) is 0.532. The van der Waals surface area contributed by atoms with Crippen LogP contribution in [0.5, 0.6) is 0 Å². The molecule has 1 amide bonds. The van der Waals surface area contributed by atoms with Crippen molar-refractivity contribution in [2.45, 2.75) is 25.7 Å². The van der Waals surface area contributed by atoms with Gasteiger partial charge in [-0.05, 0) is 62.7 Å². The summed E-state index contributed by atoms with van der Waals surface area (Å²) in [6.07, 6.45) is 0. The molecule has 0 spiro atoms. The lowest BCUT2D eigenvalue weighted by molar-refractivity contribution is 0.267. The topological polar surface area (TPSA) is 94.0 Å². The van der Waals surface area contributed by atoms with E-state index in [1.807, 2.05) is 38.1 Å². The third kappa shape index (κ3) is 3.69. The first-order valence-electron chi connectivity index (χ1n) is 9.31. The summed E-state index contributed by atoms with van der Waals surface area (Å²) in [5.74, 6) is 0. The number of nitrogens with zero attached hydrogens (tertiary/aromatic N) is 3. The first-order valence-corrected chi connectivity index (χ1v) is 10.8. The predicted molar refractivity (Wildman–Crippen MR) is 116 cm³/mol. The van der Waals surface area contributed by atoms with Crippen molar-refractivity contribution in [1.29, 1.82) is 0 Å². The molecule has 4 aromatic rings. The Kier molecular flexibility index (Phi) is 4.87. The average Bonchev–Trinajstić information content (AvgIpc) is 3.11. The number of amides is 1. The number of benzene rings is 3. The lowest BCUT2D eigenvalue weighted by Gasteiger charge is -2.09. The van der Waals surface area contributed by atoms with Crippen molar-refractivity contribution < 1.29 is 13.2 Å². The minimum atomic E-state index is -4.16. The zero-order valence-corrected chi connectivity index (χ0v) is 17.6. The molecule has 0 aliphatic carbocycles. The first kappa shape index (κ1) is 19.8. The van der Waals surface area contributed by atoms with Crippen molar-refractivity contribution in [2.75, 3.05) is 5.32 Å². The number of aromatic nitrogens is 3. The van der Waals surface area contributed by atoms with Crippen molar-refractivity contribution >= 4 is 31.8 Å². The van der Waals surface area contributed by atoms with Gasteiger partial charge >= 0.3 is 5.24 Å². The maximum Gasteiger partial charge on any atom is 0.345 e. The third-order valence-corrected chi connectivity index (χ3v) is 6.29. The van der Waals surface area contributed by atoms with Crippen molar-refractivity contribution in [2.24, 2.45) is 0 Å². The summed E-state index contributed by atoms with van der Waals surface area (Å²) in [5, 5.41) is 10.4. The molecule has 0 saturated carbocycles. The molecule has 4 rings (SSSR count). The van der Waals surface area contributed by atoms with Gasteiger partial charge in [-0.25, -0.2) is 8.42 Å². The second-order valence-corrected chi connectivity index (χ2v) is 9.06. The van der Waals surface area contributed by atoms with Crippen molar-refractivity contribution in [1.82, 2.24) is 15.0 Å². The van der Waals surface area contributed by atoms with Crippen molar-refractivity contribution in [3.63, 3.8) is 0 Å². The Morgan fingerprint density at radius 2 is 1.37 bits per heavy atom.